The van der Waals surface area contributed by atoms with Crippen LogP contribution in [0.5, 0.6) is 11.6 Å². The molecule has 1 aromatic carbocycles. The Morgan fingerprint density at radius 2 is 1.94 bits per heavy atom. The number of hydrogen-bond donors (Lipinski definition) is 1. The van der Waals surface area contributed by atoms with Crippen molar-refractivity contribution in [1.29, 1.82) is 0 Å². The van der Waals surface area contributed by atoms with E-state index in [4.69, 9.17) is 10.5 Å². The van der Waals surface area contributed by atoms with Crippen LogP contribution in [0, 0.1) is 6.92 Å². The summed E-state index contributed by atoms with van der Waals surface area (Å²) in [4.78, 5) is 8.06. The Labute approximate surface area is 107 Å². The topological polar surface area (TPSA) is 61.0 Å². The summed E-state index contributed by atoms with van der Waals surface area (Å²) in [5.74, 6) is 2.05. The van der Waals surface area contributed by atoms with E-state index in [1.165, 1.54) is 12.4 Å². The van der Waals surface area contributed by atoms with Gasteiger partial charge in [-0.05, 0) is 30.0 Å². The van der Waals surface area contributed by atoms with Crippen LogP contribution in [-0.4, -0.2) is 9.97 Å². The highest BCUT2D eigenvalue weighted by atomic mass is 16.5. The predicted molar refractivity (Wildman–Crippen MR) is 71.8 cm³/mol. The van der Waals surface area contributed by atoms with E-state index in [1.807, 2.05) is 13.0 Å². The lowest BCUT2D eigenvalue weighted by Crippen LogP contribution is -1.97. The summed E-state index contributed by atoms with van der Waals surface area (Å²) in [5, 5.41) is 0. The molecule has 2 rings (SSSR count). The van der Waals surface area contributed by atoms with E-state index in [0.717, 1.165) is 16.9 Å². The lowest BCUT2D eigenvalue weighted by atomic mass is 10.0. The van der Waals surface area contributed by atoms with Crippen LogP contribution in [0.1, 0.15) is 30.9 Å². The first-order valence-electron chi connectivity index (χ1n) is 5.92. The van der Waals surface area contributed by atoms with Crippen molar-refractivity contribution in [1.82, 2.24) is 9.97 Å². The molecule has 18 heavy (non-hydrogen) atoms. The number of ether oxygens (including phenoxy) is 1. The Balaban J connectivity index is 2.32. The monoisotopic (exact) mass is 243 g/mol. The standard InChI is InChI=1S/C14H17N3O/c1-9(2)11-5-4-10(3)6-12(11)18-14-8-16-13(15)7-17-14/h4-9H,1-3H3,(H2,15,16). The third-order valence-electron chi connectivity index (χ3n) is 2.65. The van der Waals surface area contributed by atoms with Crippen LogP contribution < -0.4 is 10.5 Å². The van der Waals surface area contributed by atoms with E-state index in [-0.39, 0.29) is 0 Å². The first-order valence-corrected chi connectivity index (χ1v) is 5.92. The average molecular weight is 243 g/mol. The van der Waals surface area contributed by atoms with Gasteiger partial charge < -0.3 is 10.5 Å². The normalized spacial score (nSPS) is 10.7. The summed E-state index contributed by atoms with van der Waals surface area (Å²) in [7, 11) is 0. The zero-order valence-electron chi connectivity index (χ0n) is 10.8. The first kappa shape index (κ1) is 12.4. The number of benzene rings is 1. The Bertz CT molecular complexity index is 535. The van der Waals surface area contributed by atoms with Crippen molar-refractivity contribution in [2.75, 3.05) is 5.73 Å². The van der Waals surface area contributed by atoms with Crippen LogP contribution in [0.2, 0.25) is 0 Å². The molecule has 0 atom stereocenters. The molecule has 2 N–H and O–H groups in total. The highest BCUT2D eigenvalue weighted by Gasteiger charge is 2.09. The van der Waals surface area contributed by atoms with Gasteiger partial charge in [-0.3, -0.25) is 0 Å². The van der Waals surface area contributed by atoms with E-state index in [2.05, 4.69) is 35.9 Å². The van der Waals surface area contributed by atoms with Crippen molar-refractivity contribution >= 4 is 5.82 Å². The molecule has 0 amide bonds. The zero-order valence-corrected chi connectivity index (χ0v) is 10.8. The van der Waals surface area contributed by atoms with Gasteiger partial charge in [-0.2, -0.15) is 0 Å². The minimum atomic E-state index is 0.385. The fraction of sp³-hybridized carbons (Fsp3) is 0.286. The van der Waals surface area contributed by atoms with Crippen molar-refractivity contribution < 1.29 is 4.74 Å². The Morgan fingerprint density at radius 1 is 1.17 bits per heavy atom. The minimum absolute atomic E-state index is 0.385. The molecule has 0 unspecified atom stereocenters. The van der Waals surface area contributed by atoms with Crippen molar-refractivity contribution in [3.8, 4) is 11.6 Å². The molecule has 0 aliphatic heterocycles. The molecule has 94 valence electrons. The number of aromatic nitrogens is 2. The van der Waals surface area contributed by atoms with Crippen LogP contribution in [0.25, 0.3) is 0 Å². The number of nitrogen functional groups attached to an aromatic ring is 1. The average Bonchev–Trinajstić information content (AvgIpc) is 2.32. The Morgan fingerprint density at radius 3 is 2.56 bits per heavy atom. The molecule has 0 aliphatic carbocycles. The summed E-state index contributed by atoms with van der Waals surface area (Å²) >= 11 is 0. The second-order valence-electron chi connectivity index (χ2n) is 4.58. The maximum Gasteiger partial charge on any atom is 0.237 e. The molecule has 4 nitrogen and oxygen atoms in total. The maximum absolute atomic E-state index is 5.78. The largest absolute Gasteiger partial charge is 0.437 e. The van der Waals surface area contributed by atoms with Crippen LogP contribution in [0.3, 0.4) is 0 Å². The van der Waals surface area contributed by atoms with E-state index >= 15 is 0 Å². The number of anilines is 1. The van der Waals surface area contributed by atoms with Crippen LogP contribution >= 0.6 is 0 Å². The van der Waals surface area contributed by atoms with Gasteiger partial charge in [-0.25, -0.2) is 9.97 Å². The number of hydrogen-bond acceptors (Lipinski definition) is 4. The van der Waals surface area contributed by atoms with Crippen LogP contribution in [0.4, 0.5) is 5.82 Å². The van der Waals surface area contributed by atoms with Crippen molar-refractivity contribution in [3.05, 3.63) is 41.7 Å². The van der Waals surface area contributed by atoms with Gasteiger partial charge in [0.15, 0.2) is 0 Å². The second kappa shape index (κ2) is 5.04. The molecule has 0 fully saturated rings. The lowest BCUT2D eigenvalue weighted by molar-refractivity contribution is 0.451. The van der Waals surface area contributed by atoms with Gasteiger partial charge in [0.2, 0.25) is 5.88 Å². The molecule has 0 spiro atoms. The molecule has 0 saturated heterocycles. The van der Waals surface area contributed by atoms with Gasteiger partial charge in [0.05, 0.1) is 12.4 Å². The highest BCUT2D eigenvalue weighted by molar-refractivity contribution is 5.41. The molecule has 1 aromatic heterocycles. The predicted octanol–water partition coefficient (Wildman–Crippen LogP) is 3.28. The van der Waals surface area contributed by atoms with Gasteiger partial charge in [0.25, 0.3) is 0 Å². The first-order chi connectivity index (χ1) is 8.56. The second-order valence-corrected chi connectivity index (χ2v) is 4.58. The summed E-state index contributed by atoms with van der Waals surface area (Å²) in [6.07, 6.45) is 3.02. The number of aryl methyl sites for hydroxylation is 1. The smallest absolute Gasteiger partial charge is 0.237 e. The highest BCUT2D eigenvalue weighted by Crippen LogP contribution is 2.30. The molecule has 4 heteroatoms. The Kier molecular flexibility index (Phi) is 3.46. The number of rotatable bonds is 3. The molecule has 0 aliphatic rings. The molecule has 1 heterocycles. The number of nitrogens with two attached hydrogens (primary N) is 1. The van der Waals surface area contributed by atoms with Crippen molar-refractivity contribution in [2.45, 2.75) is 26.7 Å². The van der Waals surface area contributed by atoms with Gasteiger partial charge in [-0.1, -0.05) is 26.0 Å². The summed E-state index contributed by atoms with van der Waals surface area (Å²) in [6.45, 7) is 6.30. The lowest BCUT2D eigenvalue weighted by Gasteiger charge is -2.13. The van der Waals surface area contributed by atoms with E-state index in [9.17, 15) is 0 Å². The van der Waals surface area contributed by atoms with E-state index < -0.39 is 0 Å². The molecule has 0 bridgehead atoms. The van der Waals surface area contributed by atoms with Crippen molar-refractivity contribution in [3.63, 3.8) is 0 Å². The molecule has 0 saturated carbocycles. The zero-order chi connectivity index (χ0) is 13.1. The molecular weight excluding hydrogens is 226 g/mol. The molecule has 0 radical (unpaired) electrons. The van der Waals surface area contributed by atoms with Crippen LogP contribution in [0.15, 0.2) is 30.6 Å². The SMILES string of the molecule is Cc1ccc(C(C)C)c(Oc2cnc(N)cn2)c1. The van der Waals surface area contributed by atoms with Gasteiger partial charge >= 0.3 is 0 Å². The summed E-state index contributed by atoms with van der Waals surface area (Å²) < 4.78 is 5.78. The Hall–Kier alpha value is -2.10. The summed E-state index contributed by atoms with van der Waals surface area (Å²) in [5.41, 5.74) is 7.80. The van der Waals surface area contributed by atoms with E-state index in [1.54, 1.807) is 0 Å². The van der Waals surface area contributed by atoms with Gasteiger partial charge in [0, 0.05) is 0 Å². The summed E-state index contributed by atoms with van der Waals surface area (Å²) in [6, 6.07) is 6.17. The maximum atomic E-state index is 5.78. The van der Waals surface area contributed by atoms with Crippen LogP contribution in [-0.2, 0) is 0 Å². The molecular formula is C14H17N3O. The quantitative estimate of drug-likeness (QED) is 0.898. The number of nitrogens with zero attached hydrogens (tertiary/aromatic N) is 2. The third-order valence-corrected chi connectivity index (χ3v) is 2.65. The van der Waals surface area contributed by atoms with Gasteiger partial charge in [-0.15, -0.1) is 0 Å². The minimum Gasteiger partial charge on any atom is -0.437 e. The third kappa shape index (κ3) is 2.77. The molecule has 2 aromatic rings. The fourth-order valence-electron chi connectivity index (χ4n) is 1.70. The van der Waals surface area contributed by atoms with Crippen molar-refractivity contribution in [2.24, 2.45) is 0 Å². The van der Waals surface area contributed by atoms with E-state index in [0.29, 0.717) is 17.6 Å². The van der Waals surface area contributed by atoms with Gasteiger partial charge in [0.1, 0.15) is 11.6 Å². The fourth-order valence-corrected chi connectivity index (χ4v) is 1.70.